The average Bonchev–Trinajstić information content (AvgIpc) is 2.78. The van der Waals surface area contributed by atoms with Crippen molar-refractivity contribution in [3.8, 4) is 11.5 Å². The quantitative estimate of drug-likeness (QED) is 0.322. The first-order valence-electron chi connectivity index (χ1n) is 12.1. The molecule has 0 aromatic heterocycles. The second-order valence-corrected chi connectivity index (χ2v) is 9.18. The zero-order valence-electron chi connectivity index (χ0n) is 21.8. The molecule has 2 N–H and O–H groups in total. The number of hydrogen-bond acceptors (Lipinski definition) is 9. The maximum Gasteiger partial charge on any atom is 0.323 e. The summed E-state index contributed by atoms with van der Waals surface area (Å²) in [6.45, 7) is 12.0. The van der Waals surface area contributed by atoms with Crippen LogP contribution in [-0.2, 0) is 35.1 Å². The third kappa shape index (κ3) is 10.5. The maximum atomic E-state index is 12.5. The Morgan fingerprint density at radius 2 is 1.34 bits per heavy atom. The third-order valence-corrected chi connectivity index (χ3v) is 5.15. The van der Waals surface area contributed by atoms with Crippen LogP contribution in [0.1, 0.15) is 73.3 Å². The fraction of sp³-hybridized carbons (Fsp3) is 0.615. The Hall–Kier alpha value is -2.94. The summed E-state index contributed by atoms with van der Waals surface area (Å²) in [6, 6.07) is 3.62. The molecule has 0 saturated carbocycles. The van der Waals surface area contributed by atoms with Crippen molar-refractivity contribution in [2.75, 3.05) is 0 Å². The summed E-state index contributed by atoms with van der Waals surface area (Å²) in [7, 11) is 0. The molecule has 0 amide bonds. The fourth-order valence-corrected chi connectivity index (χ4v) is 2.68. The van der Waals surface area contributed by atoms with Crippen LogP contribution in [0, 0.1) is 11.8 Å². The van der Waals surface area contributed by atoms with Crippen LogP contribution in [0.2, 0.25) is 0 Å². The standard InChI is InChI=1S/C26H39NO8/c1-8-9-10-23(28)32-17(6)18(7)33-26(31)20(27)13-19-11-12-21(34-24(29)15(2)3)22(14-19)35-25(30)16(4)5/h11-12,14-18,20H,8-10,13,27H2,1-7H3/t17-,18-,20-/m0/s1. The minimum absolute atomic E-state index is 0.0664. The van der Waals surface area contributed by atoms with E-state index in [2.05, 4.69) is 0 Å². The molecule has 1 rings (SSSR count). The van der Waals surface area contributed by atoms with Gasteiger partial charge in [-0.05, 0) is 44.4 Å². The highest BCUT2D eigenvalue weighted by atomic mass is 16.6. The smallest absolute Gasteiger partial charge is 0.323 e. The van der Waals surface area contributed by atoms with E-state index < -0.39 is 42.1 Å². The SMILES string of the molecule is CCCCC(=O)O[C@@H](C)[C@H](C)OC(=O)[C@@H](N)Cc1ccc(OC(=O)C(C)C)c(OC(=O)C(C)C)c1. The van der Waals surface area contributed by atoms with Crippen molar-refractivity contribution in [1.82, 2.24) is 0 Å². The second-order valence-electron chi connectivity index (χ2n) is 9.18. The molecule has 1 aromatic carbocycles. The summed E-state index contributed by atoms with van der Waals surface area (Å²) < 4.78 is 21.4. The molecule has 1 aromatic rings. The lowest BCUT2D eigenvalue weighted by atomic mass is 10.1. The summed E-state index contributed by atoms with van der Waals surface area (Å²) in [5.74, 6) is -2.58. The van der Waals surface area contributed by atoms with E-state index in [-0.39, 0.29) is 29.8 Å². The molecule has 0 radical (unpaired) electrons. The van der Waals surface area contributed by atoms with Crippen molar-refractivity contribution in [3.63, 3.8) is 0 Å². The molecule has 9 nitrogen and oxygen atoms in total. The Balaban J connectivity index is 2.87. The van der Waals surface area contributed by atoms with Gasteiger partial charge in [0.25, 0.3) is 0 Å². The number of benzene rings is 1. The van der Waals surface area contributed by atoms with Crippen LogP contribution < -0.4 is 15.2 Å². The first kappa shape index (κ1) is 30.1. The van der Waals surface area contributed by atoms with E-state index in [0.717, 1.165) is 12.8 Å². The molecule has 0 unspecified atom stereocenters. The largest absolute Gasteiger partial charge is 0.459 e. The van der Waals surface area contributed by atoms with Crippen molar-refractivity contribution < 1.29 is 38.1 Å². The molecule has 3 atom stereocenters. The Kier molecular flexibility index (Phi) is 12.4. The average molecular weight is 494 g/mol. The molecule has 0 heterocycles. The van der Waals surface area contributed by atoms with Crippen LogP contribution in [-0.4, -0.2) is 42.1 Å². The molecular weight excluding hydrogens is 454 g/mol. The highest BCUT2D eigenvalue weighted by Gasteiger charge is 2.25. The van der Waals surface area contributed by atoms with Crippen LogP contribution in [0.3, 0.4) is 0 Å². The topological polar surface area (TPSA) is 131 Å². The van der Waals surface area contributed by atoms with E-state index >= 15 is 0 Å². The lowest BCUT2D eigenvalue weighted by molar-refractivity contribution is -0.166. The molecule has 0 bridgehead atoms. The van der Waals surface area contributed by atoms with Gasteiger partial charge in [-0.2, -0.15) is 0 Å². The van der Waals surface area contributed by atoms with Crippen molar-refractivity contribution >= 4 is 23.9 Å². The zero-order chi connectivity index (χ0) is 26.7. The number of carbonyl (C=O) groups is 4. The summed E-state index contributed by atoms with van der Waals surface area (Å²) in [5.41, 5.74) is 6.63. The van der Waals surface area contributed by atoms with Crippen LogP contribution in [0.15, 0.2) is 18.2 Å². The highest BCUT2D eigenvalue weighted by Crippen LogP contribution is 2.30. The Morgan fingerprint density at radius 1 is 0.800 bits per heavy atom. The predicted octanol–water partition coefficient (Wildman–Crippen LogP) is 3.73. The predicted molar refractivity (Wildman–Crippen MR) is 130 cm³/mol. The first-order valence-corrected chi connectivity index (χ1v) is 12.1. The van der Waals surface area contributed by atoms with Crippen LogP contribution in [0.25, 0.3) is 0 Å². The lowest BCUT2D eigenvalue weighted by Gasteiger charge is -2.22. The van der Waals surface area contributed by atoms with Gasteiger partial charge in [0.2, 0.25) is 0 Å². The molecule has 0 aliphatic carbocycles. The summed E-state index contributed by atoms with van der Waals surface area (Å²) in [5, 5.41) is 0. The fourth-order valence-electron chi connectivity index (χ4n) is 2.68. The van der Waals surface area contributed by atoms with Crippen molar-refractivity contribution in [2.24, 2.45) is 17.6 Å². The normalized spacial score (nSPS) is 13.7. The van der Waals surface area contributed by atoms with Gasteiger partial charge in [0.15, 0.2) is 11.5 Å². The molecule has 0 aliphatic heterocycles. The number of nitrogens with two attached hydrogens (primary N) is 1. The van der Waals surface area contributed by atoms with Crippen molar-refractivity contribution in [1.29, 1.82) is 0 Å². The van der Waals surface area contributed by atoms with Gasteiger partial charge in [-0.1, -0.05) is 47.1 Å². The monoisotopic (exact) mass is 493 g/mol. The number of carbonyl (C=O) groups excluding carboxylic acids is 4. The zero-order valence-corrected chi connectivity index (χ0v) is 21.8. The van der Waals surface area contributed by atoms with Crippen LogP contribution in [0.4, 0.5) is 0 Å². The Labute approximate surface area is 207 Å². The minimum atomic E-state index is -1.02. The summed E-state index contributed by atoms with van der Waals surface area (Å²) in [6.07, 6.45) is 0.706. The molecule has 0 aliphatic rings. The van der Waals surface area contributed by atoms with Gasteiger partial charge in [-0.25, -0.2) is 0 Å². The lowest BCUT2D eigenvalue weighted by Crippen LogP contribution is -2.39. The van der Waals surface area contributed by atoms with Gasteiger partial charge in [0, 0.05) is 6.42 Å². The van der Waals surface area contributed by atoms with Crippen LogP contribution >= 0.6 is 0 Å². The molecule has 0 saturated heterocycles. The van der Waals surface area contributed by atoms with Gasteiger partial charge in [-0.3, -0.25) is 19.2 Å². The van der Waals surface area contributed by atoms with Gasteiger partial charge >= 0.3 is 23.9 Å². The minimum Gasteiger partial charge on any atom is -0.459 e. The van der Waals surface area contributed by atoms with Gasteiger partial charge in [0.1, 0.15) is 18.2 Å². The molecular formula is C26H39NO8. The Bertz CT molecular complexity index is 880. The van der Waals surface area contributed by atoms with E-state index in [1.165, 1.54) is 12.1 Å². The molecule has 196 valence electrons. The van der Waals surface area contributed by atoms with E-state index in [1.807, 2.05) is 6.92 Å². The first-order chi connectivity index (χ1) is 16.3. The number of hydrogen-bond donors (Lipinski definition) is 1. The Morgan fingerprint density at radius 3 is 1.89 bits per heavy atom. The van der Waals surface area contributed by atoms with E-state index in [0.29, 0.717) is 12.0 Å². The van der Waals surface area contributed by atoms with Crippen LogP contribution in [0.5, 0.6) is 11.5 Å². The van der Waals surface area contributed by atoms with Crippen molar-refractivity contribution in [3.05, 3.63) is 23.8 Å². The van der Waals surface area contributed by atoms with E-state index in [9.17, 15) is 19.2 Å². The second kappa shape index (κ2) is 14.5. The highest BCUT2D eigenvalue weighted by molar-refractivity contribution is 5.78. The number of unbranched alkanes of at least 4 members (excludes halogenated alkanes) is 1. The van der Waals surface area contributed by atoms with Gasteiger partial charge < -0.3 is 24.7 Å². The number of ether oxygens (including phenoxy) is 4. The number of rotatable bonds is 13. The van der Waals surface area contributed by atoms with Crippen molar-refractivity contribution in [2.45, 2.75) is 92.4 Å². The van der Waals surface area contributed by atoms with Gasteiger partial charge in [-0.15, -0.1) is 0 Å². The third-order valence-electron chi connectivity index (χ3n) is 5.15. The molecule has 0 fully saturated rings. The van der Waals surface area contributed by atoms with E-state index in [4.69, 9.17) is 24.7 Å². The molecule has 0 spiro atoms. The number of esters is 4. The summed E-state index contributed by atoms with van der Waals surface area (Å²) in [4.78, 5) is 48.5. The van der Waals surface area contributed by atoms with Gasteiger partial charge in [0.05, 0.1) is 11.8 Å². The molecule has 9 heteroatoms. The maximum absolute atomic E-state index is 12.5. The summed E-state index contributed by atoms with van der Waals surface area (Å²) >= 11 is 0. The van der Waals surface area contributed by atoms with E-state index in [1.54, 1.807) is 47.6 Å². The molecule has 35 heavy (non-hydrogen) atoms.